The molecular formula is C23H17N3O4S. The van der Waals surface area contributed by atoms with Crippen LogP contribution >= 0.6 is 11.8 Å². The molecule has 1 aliphatic heterocycles. The minimum atomic E-state index is -0.416. The second kappa shape index (κ2) is 7.88. The van der Waals surface area contributed by atoms with Crippen molar-refractivity contribution >= 4 is 40.0 Å². The summed E-state index contributed by atoms with van der Waals surface area (Å²) in [6.07, 6.45) is 1.57. The van der Waals surface area contributed by atoms with E-state index in [9.17, 15) is 9.59 Å². The van der Waals surface area contributed by atoms with Crippen molar-refractivity contribution in [3.8, 4) is 17.3 Å². The lowest BCUT2D eigenvalue weighted by atomic mass is 10.1. The molecule has 154 valence electrons. The Hall–Kier alpha value is -3.65. The van der Waals surface area contributed by atoms with Crippen LogP contribution in [-0.2, 0) is 4.79 Å². The molecule has 0 fully saturated rings. The first-order chi connectivity index (χ1) is 15.1. The molecule has 31 heavy (non-hydrogen) atoms. The average molecular weight is 431 g/mol. The second-order valence-electron chi connectivity index (χ2n) is 7.02. The third kappa shape index (κ3) is 3.77. The van der Waals surface area contributed by atoms with E-state index in [-0.39, 0.29) is 18.3 Å². The summed E-state index contributed by atoms with van der Waals surface area (Å²) < 4.78 is 10.8. The normalized spacial score (nSPS) is 13.9. The van der Waals surface area contributed by atoms with Gasteiger partial charge in [0.05, 0.1) is 22.7 Å². The molecular weight excluding hydrogens is 414 g/mol. The lowest BCUT2D eigenvalue weighted by Crippen LogP contribution is -2.25. The Labute approximate surface area is 181 Å². The smallest absolute Gasteiger partial charge is 0.262 e. The van der Waals surface area contributed by atoms with Crippen molar-refractivity contribution in [2.45, 2.75) is 17.2 Å². The Balaban J connectivity index is 1.46. The van der Waals surface area contributed by atoms with Gasteiger partial charge in [0.1, 0.15) is 10.8 Å². The van der Waals surface area contributed by atoms with E-state index in [1.54, 1.807) is 36.6 Å². The molecule has 1 amide bonds. The molecule has 0 unspecified atom stereocenters. The molecule has 1 aliphatic rings. The highest BCUT2D eigenvalue weighted by molar-refractivity contribution is 8.00. The van der Waals surface area contributed by atoms with Crippen LogP contribution in [0.3, 0.4) is 0 Å². The molecule has 0 spiro atoms. The summed E-state index contributed by atoms with van der Waals surface area (Å²) in [5.41, 5.74) is 1.78. The Morgan fingerprint density at radius 1 is 1.13 bits per heavy atom. The summed E-state index contributed by atoms with van der Waals surface area (Å²) in [5, 5.41) is 3.89. The van der Waals surface area contributed by atoms with Gasteiger partial charge in [-0.05, 0) is 43.3 Å². The first-order valence-corrected chi connectivity index (χ1v) is 10.5. The van der Waals surface area contributed by atoms with Crippen molar-refractivity contribution in [1.82, 2.24) is 9.97 Å². The lowest BCUT2D eigenvalue weighted by Gasteiger charge is -2.19. The fourth-order valence-electron chi connectivity index (χ4n) is 3.35. The topological polar surface area (TPSA) is 94.3 Å². The van der Waals surface area contributed by atoms with E-state index in [1.165, 1.54) is 11.8 Å². The number of fused-ring (bicyclic) bond motifs is 2. The molecule has 4 aromatic rings. The number of ketones is 1. The number of anilines is 1. The molecule has 8 heteroatoms. The maximum Gasteiger partial charge on any atom is 0.262 e. The number of rotatable bonds is 5. The van der Waals surface area contributed by atoms with Crippen molar-refractivity contribution in [2.24, 2.45) is 0 Å². The number of nitrogens with one attached hydrogen (secondary N) is 1. The number of aromatic nitrogens is 2. The first-order valence-electron chi connectivity index (χ1n) is 9.67. The second-order valence-corrected chi connectivity index (χ2v) is 8.35. The van der Waals surface area contributed by atoms with Crippen LogP contribution in [0.2, 0.25) is 0 Å². The van der Waals surface area contributed by atoms with E-state index < -0.39 is 5.25 Å². The van der Waals surface area contributed by atoms with E-state index in [1.807, 2.05) is 31.2 Å². The molecule has 0 aliphatic carbocycles. The minimum absolute atomic E-state index is 0.0225. The van der Waals surface area contributed by atoms with E-state index in [0.717, 1.165) is 10.9 Å². The van der Waals surface area contributed by atoms with E-state index in [2.05, 4.69) is 15.3 Å². The monoisotopic (exact) mass is 431 g/mol. The molecule has 3 heterocycles. The molecule has 0 saturated heterocycles. The van der Waals surface area contributed by atoms with Crippen LogP contribution in [0.1, 0.15) is 17.3 Å². The molecule has 0 bridgehead atoms. The number of para-hydroxylation sites is 1. The number of carbonyl (C=O) groups excluding carboxylic acids is 2. The fourth-order valence-corrected chi connectivity index (χ4v) is 4.36. The van der Waals surface area contributed by atoms with Gasteiger partial charge in [0.15, 0.2) is 24.0 Å². The van der Waals surface area contributed by atoms with Gasteiger partial charge >= 0.3 is 0 Å². The molecule has 7 nitrogen and oxygen atoms in total. The van der Waals surface area contributed by atoms with Crippen molar-refractivity contribution in [2.75, 3.05) is 11.9 Å². The number of furan rings is 1. The van der Waals surface area contributed by atoms with Crippen LogP contribution in [0, 0.1) is 0 Å². The molecule has 0 saturated carbocycles. The number of nitrogens with zero attached hydrogens (tertiary/aromatic N) is 2. The van der Waals surface area contributed by atoms with Gasteiger partial charge in [-0.1, -0.05) is 30.0 Å². The van der Waals surface area contributed by atoms with Gasteiger partial charge in [-0.15, -0.1) is 0 Å². The van der Waals surface area contributed by atoms with E-state index in [0.29, 0.717) is 33.6 Å². The number of carbonyl (C=O) groups is 2. The zero-order valence-electron chi connectivity index (χ0n) is 16.5. The van der Waals surface area contributed by atoms with Crippen LogP contribution in [-0.4, -0.2) is 33.5 Å². The third-order valence-corrected chi connectivity index (χ3v) is 5.97. The zero-order chi connectivity index (χ0) is 21.4. The van der Waals surface area contributed by atoms with Crippen LogP contribution in [0.5, 0.6) is 5.75 Å². The highest BCUT2D eigenvalue weighted by Gasteiger charge is 2.23. The summed E-state index contributed by atoms with van der Waals surface area (Å²) >= 11 is 1.36. The summed E-state index contributed by atoms with van der Waals surface area (Å²) in [6.45, 7) is 1.82. The molecule has 0 radical (unpaired) electrons. The number of amides is 1. The summed E-state index contributed by atoms with van der Waals surface area (Å²) in [5.74, 6) is 1.28. The van der Waals surface area contributed by atoms with Crippen molar-refractivity contribution < 1.29 is 18.7 Å². The standard InChI is InChI=1S/C23H17N3O4S/c1-13(21(28)14-8-9-18-17(11-14)24-20(27)12-30-18)31-23-15-5-2-3-6-16(15)25-22(26-23)19-7-4-10-29-19/h2-11,13H,12H2,1H3,(H,24,27)/t13-/m0/s1. The quantitative estimate of drug-likeness (QED) is 0.281. The van der Waals surface area contributed by atoms with E-state index in [4.69, 9.17) is 9.15 Å². The SMILES string of the molecule is C[C@H](Sc1nc(-c2ccco2)nc2ccccc12)C(=O)c1ccc2c(c1)NC(=O)CO2. The Kier molecular flexibility index (Phi) is 4.91. The van der Waals surface area contributed by atoms with Crippen molar-refractivity contribution in [3.63, 3.8) is 0 Å². The average Bonchev–Trinajstić information content (AvgIpc) is 3.33. The largest absolute Gasteiger partial charge is 0.482 e. The minimum Gasteiger partial charge on any atom is -0.482 e. The number of hydrogen-bond acceptors (Lipinski definition) is 7. The van der Waals surface area contributed by atoms with Gasteiger partial charge in [0, 0.05) is 10.9 Å². The predicted octanol–water partition coefficient (Wildman–Crippen LogP) is 4.58. The molecule has 1 N–H and O–H groups in total. The molecule has 2 aromatic carbocycles. The van der Waals surface area contributed by atoms with Crippen molar-refractivity contribution in [3.05, 3.63) is 66.4 Å². The first kappa shape index (κ1) is 19.3. The zero-order valence-corrected chi connectivity index (χ0v) is 17.3. The Morgan fingerprint density at radius 2 is 2.00 bits per heavy atom. The van der Waals surface area contributed by atoms with E-state index >= 15 is 0 Å². The van der Waals surface area contributed by atoms with Crippen LogP contribution < -0.4 is 10.1 Å². The number of Topliss-reactive ketones (excluding diaryl/α,β-unsaturated/α-hetero) is 1. The van der Waals surface area contributed by atoms with Gasteiger partial charge in [0.25, 0.3) is 5.91 Å². The number of ether oxygens (including phenoxy) is 1. The predicted molar refractivity (Wildman–Crippen MR) is 117 cm³/mol. The van der Waals surface area contributed by atoms with Crippen LogP contribution in [0.4, 0.5) is 5.69 Å². The third-order valence-electron chi connectivity index (χ3n) is 4.86. The molecule has 5 rings (SSSR count). The molecule has 1 atom stereocenters. The summed E-state index contributed by atoms with van der Waals surface area (Å²) in [4.78, 5) is 34.0. The van der Waals surface area contributed by atoms with Crippen molar-refractivity contribution in [1.29, 1.82) is 0 Å². The highest BCUT2D eigenvalue weighted by Crippen LogP contribution is 2.34. The summed E-state index contributed by atoms with van der Waals surface area (Å²) in [7, 11) is 0. The summed E-state index contributed by atoms with van der Waals surface area (Å²) in [6, 6.07) is 16.3. The van der Waals surface area contributed by atoms with Crippen LogP contribution in [0.25, 0.3) is 22.5 Å². The molecule has 2 aromatic heterocycles. The van der Waals surface area contributed by atoms with Gasteiger partial charge in [-0.3, -0.25) is 9.59 Å². The maximum atomic E-state index is 13.1. The van der Waals surface area contributed by atoms with Gasteiger partial charge in [-0.25, -0.2) is 9.97 Å². The Morgan fingerprint density at radius 3 is 2.84 bits per heavy atom. The van der Waals surface area contributed by atoms with Gasteiger partial charge in [0.2, 0.25) is 0 Å². The lowest BCUT2D eigenvalue weighted by molar-refractivity contribution is -0.118. The highest BCUT2D eigenvalue weighted by atomic mass is 32.2. The number of hydrogen-bond donors (Lipinski definition) is 1. The number of benzene rings is 2. The Bertz CT molecular complexity index is 1300. The van der Waals surface area contributed by atoms with Gasteiger partial charge < -0.3 is 14.5 Å². The maximum absolute atomic E-state index is 13.1. The fraction of sp³-hybridized carbons (Fsp3) is 0.130. The van der Waals surface area contributed by atoms with Crippen LogP contribution in [0.15, 0.2) is 70.3 Å². The van der Waals surface area contributed by atoms with Gasteiger partial charge in [-0.2, -0.15) is 0 Å². The number of thioether (sulfide) groups is 1.